The van der Waals surface area contributed by atoms with Crippen molar-refractivity contribution in [1.29, 1.82) is 0 Å². The molecule has 6 N–H and O–H groups in total. The van der Waals surface area contributed by atoms with Crippen LogP contribution in [0.15, 0.2) is 0 Å². The average molecular weight is 611 g/mol. The summed E-state index contributed by atoms with van der Waals surface area (Å²) in [5.41, 5.74) is -0.846. The van der Waals surface area contributed by atoms with Crippen LogP contribution in [0.2, 0.25) is 0 Å². The number of rotatable bonds is 15. The summed E-state index contributed by atoms with van der Waals surface area (Å²) in [6.07, 6.45) is 2.62. The first-order valence-corrected chi connectivity index (χ1v) is 15.3. The molecule has 1 aliphatic heterocycles. The summed E-state index contributed by atoms with van der Waals surface area (Å²) in [5.74, 6) is -3.89. The van der Waals surface area contributed by atoms with Crippen LogP contribution >= 0.6 is 0 Å². The first-order chi connectivity index (χ1) is 19.9. The maximum absolute atomic E-state index is 13.6. The summed E-state index contributed by atoms with van der Waals surface area (Å²) in [6, 6.07) is -4.52. The number of nitrogens with zero attached hydrogens (tertiary/aromatic N) is 1. The molecule has 43 heavy (non-hydrogen) atoms. The minimum absolute atomic E-state index is 0.0767. The van der Waals surface area contributed by atoms with Gasteiger partial charge >= 0.3 is 12.0 Å². The molecule has 0 aromatic carbocycles. The molecule has 0 aromatic rings. The van der Waals surface area contributed by atoms with E-state index in [4.69, 9.17) is 0 Å². The summed E-state index contributed by atoms with van der Waals surface area (Å²) in [6.45, 7) is 16.5. The van der Waals surface area contributed by atoms with Crippen LogP contribution in [-0.4, -0.2) is 89.4 Å². The van der Waals surface area contributed by atoms with Crippen molar-refractivity contribution in [2.24, 2.45) is 10.8 Å². The minimum atomic E-state index is -1.42. The Morgan fingerprint density at radius 2 is 1.28 bits per heavy atom. The third-order valence-electron chi connectivity index (χ3n) is 7.38. The van der Waals surface area contributed by atoms with E-state index in [1.165, 1.54) is 0 Å². The van der Waals surface area contributed by atoms with E-state index < -0.39 is 59.7 Å². The van der Waals surface area contributed by atoms with E-state index in [1.807, 2.05) is 34.6 Å². The van der Waals surface area contributed by atoms with E-state index in [1.54, 1.807) is 25.7 Å². The van der Waals surface area contributed by atoms with Crippen molar-refractivity contribution in [1.82, 2.24) is 31.5 Å². The summed E-state index contributed by atoms with van der Waals surface area (Å²) in [5, 5.41) is 22.7. The van der Waals surface area contributed by atoms with Crippen LogP contribution < -0.4 is 26.6 Å². The third kappa shape index (κ3) is 14.1. The summed E-state index contributed by atoms with van der Waals surface area (Å²) in [7, 11) is 0. The van der Waals surface area contributed by atoms with Crippen LogP contribution in [0.25, 0.3) is 0 Å². The van der Waals surface area contributed by atoms with Crippen molar-refractivity contribution in [2.75, 3.05) is 19.6 Å². The molecule has 1 aliphatic rings. The molecular weight excluding hydrogens is 556 g/mol. The molecule has 0 saturated carbocycles. The Balaban J connectivity index is 3.19. The molecule has 6 amide bonds. The zero-order chi connectivity index (χ0) is 33.0. The fraction of sp³-hybridized carbons (Fsp3) is 0.800. The van der Waals surface area contributed by atoms with Gasteiger partial charge in [0, 0.05) is 25.7 Å². The third-order valence-corrected chi connectivity index (χ3v) is 7.38. The van der Waals surface area contributed by atoms with Gasteiger partial charge in [-0.2, -0.15) is 0 Å². The highest BCUT2D eigenvalue weighted by Crippen LogP contribution is 2.20. The Labute approximate surface area is 256 Å². The Kier molecular flexibility index (Phi) is 14.9. The molecule has 3 atom stereocenters. The van der Waals surface area contributed by atoms with Crippen LogP contribution in [0, 0.1) is 10.8 Å². The SMILES string of the molecule is CCC(CC)NC(=O)N[C@H](C(=O)N[C@@H](CC(=O)N1CCCC1)C(=O)N[C@@H](CC(=O)O)C(=O)NCCC(C)(C)C)C(C)(C)C. The van der Waals surface area contributed by atoms with Gasteiger partial charge in [0.05, 0.1) is 12.8 Å². The lowest BCUT2D eigenvalue weighted by atomic mass is 9.86. The maximum atomic E-state index is 13.6. The standard InChI is InChI=1S/C30H54N6O7/c1-9-19(10-2)32-28(43)35-24(30(6,7)8)27(42)34-20(17-22(37)36-15-11-12-16-36)26(41)33-21(18-23(38)39)25(40)31-14-13-29(3,4)5/h19-21,24H,9-18H2,1-8H3,(H,31,40)(H,33,41)(H,34,42)(H,38,39)(H2,32,35,43)/t20-,21-,24+/m0/s1. The number of likely N-dealkylation sites (tertiary alicyclic amines) is 1. The number of carboxylic acids is 1. The predicted molar refractivity (Wildman–Crippen MR) is 163 cm³/mol. The Morgan fingerprint density at radius 3 is 1.77 bits per heavy atom. The van der Waals surface area contributed by atoms with Crippen LogP contribution in [0.1, 0.15) is 100 Å². The van der Waals surface area contributed by atoms with E-state index in [0.29, 0.717) is 32.4 Å². The molecule has 13 heteroatoms. The second-order valence-corrected chi connectivity index (χ2v) is 13.5. The number of amides is 6. The molecule has 0 bridgehead atoms. The molecule has 13 nitrogen and oxygen atoms in total. The van der Waals surface area contributed by atoms with Crippen molar-refractivity contribution in [3.05, 3.63) is 0 Å². The second-order valence-electron chi connectivity index (χ2n) is 13.5. The molecule has 1 saturated heterocycles. The lowest BCUT2D eigenvalue weighted by Crippen LogP contribution is -2.61. The van der Waals surface area contributed by atoms with Gasteiger partial charge in [-0.1, -0.05) is 55.4 Å². The van der Waals surface area contributed by atoms with Gasteiger partial charge in [0.1, 0.15) is 18.1 Å². The number of hydrogen-bond acceptors (Lipinski definition) is 6. The number of nitrogens with one attached hydrogen (secondary N) is 5. The molecule has 1 fully saturated rings. The Morgan fingerprint density at radius 1 is 0.744 bits per heavy atom. The average Bonchev–Trinajstić information content (AvgIpc) is 3.43. The number of carbonyl (C=O) groups is 6. The molecule has 0 radical (unpaired) electrons. The lowest BCUT2D eigenvalue weighted by molar-refractivity contribution is -0.142. The first kappa shape index (κ1) is 37.6. The van der Waals surface area contributed by atoms with Gasteiger partial charge in [0.25, 0.3) is 0 Å². The summed E-state index contributed by atoms with van der Waals surface area (Å²) >= 11 is 0. The van der Waals surface area contributed by atoms with Crippen LogP contribution in [-0.2, 0) is 24.0 Å². The van der Waals surface area contributed by atoms with Gasteiger partial charge in [0.15, 0.2) is 0 Å². The number of hydrogen-bond donors (Lipinski definition) is 6. The molecule has 0 unspecified atom stereocenters. The number of urea groups is 1. The smallest absolute Gasteiger partial charge is 0.315 e. The lowest BCUT2D eigenvalue weighted by Gasteiger charge is -2.32. The van der Waals surface area contributed by atoms with E-state index in [2.05, 4.69) is 26.6 Å². The molecule has 1 rings (SSSR count). The number of aliphatic carboxylic acids is 1. The maximum Gasteiger partial charge on any atom is 0.315 e. The van der Waals surface area contributed by atoms with Gasteiger partial charge in [-0.3, -0.25) is 24.0 Å². The van der Waals surface area contributed by atoms with Gasteiger partial charge in [-0.25, -0.2) is 4.79 Å². The topological polar surface area (TPSA) is 186 Å². The quantitative estimate of drug-likeness (QED) is 0.163. The van der Waals surface area contributed by atoms with Crippen molar-refractivity contribution in [3.8, 4) is 0 Å². The van der Waals surface area contributed by atoms with Crippen molar-refractivity contribution >= 4 is 35.6 Å². The van der Waals surface area contributed by atoms with Gasteiger partial charge < -0.3 is 36.6 Å². The zero-order valence-electron chi connectivity index (χ0n) is 27.2. The van der Waals surface area contributed by atoms with E-state index in [0.717, 1.165) is 12.8 Å². The van der Waals surface area contributed by atoms with Crippen LogP contribution in [0.5, 0.6) is 0 Å². The second kappa shape index (κ2) is 17.0. The fourth-order valence-corrected chi connectivity index (χ4v) is 4.60. The van der Waals surface area contributed by atoms with Gasteiger partial charge in [0.2, 0.25) is 23.6 Å². The highest BCUT2D eigenvalue weighted by molar-refractivity contribution is 5.97. The normalized spacial score (nSPS) is 15.7. The highest BCUT2D eigenvalue weighted by Gasteiger charge is 2.37. The number of carbonyl (C=O) groups excluding carboxylic acids is 5. The molecule has 0 aliphatic carbocycles. The van der Waals surface area contributed by atoms with Crippen LogP contribution in [0.4, 0.5) is 4.79 Å². The highest BCUT2D eigenvalue weighted by atomic mass is 16.4. The molecule has 0 aromatic heterocycles. The molecule has 0 spiro atoms. The van der Waals surface area contributed by atoms with Crippen molar-refractivity contribution in [3.63, 3.8) is 0 Å². The predicted octanol–water partition coefficient (Wildman–Crippen LogP) is 1.90. The first-order valence-electron chi connectivity index (χ1n) is 15.3. The summed E-state index contributed by atoms with van der Waals surface area (Å²) in [4.78, 5) is 78.9. The van der Waals surface area contributed by atoms with Crippen LogP contribution in [0.3, 0.4) is 0 Å². The zero-order valence-corrected chi connectivity index (χ0v) is 27.2. The Bertz CT molecular complexity index is 978. The van der Waals surface area contributed by atoms with Gasteiger partial charge in [-0.15, -0.1) is 0 Å². The molecular formula is C30H54N6O7. The van der Waals surface area contributed by atoms with Crippen molar-refractivity contribution in [2.45, 2.75) is 125 Å². The number of carboxylic acid groups (broad SMARTS) is 1. The fourth-order valence-electron chi connectivity index (χ4n) is 4.60. The monoisotopic (exact) mass is 610 g/mol. The van der Waals surface area contributed by atoms with Gasteiger partial charge in [-0.05, 0) is 42.9 Å². The van der Waals surface area contributed by atoms with E-state index in [-0.39, 0.29) is 30.3 Å². The summed E-state index contributed by atoms with van der Waals surface area (Å²) < 4.78 is 0. The molecule has 246 valence electrons. The largest absolute Gasteiger partial charge is 0.481 e. The molecule has 1 heterocycles. The minimum Gasteiger partial charge on any atom is -0.481 e. The van der Waals surface area contributed by atoms with E-state index in [9.17, 15) is 33.9 Å². The Hall–Kier alpha value is -3.38. The van der Waals surface area contributed by atoms with E-state index >= 15 is 0 Å². The van der Waals surface area contributed by atoms with Crippen molar-refractivity contribution < 1.29 is 33.9 Å².